The van der Waals surface area contributed by atoms with Crippen molar-refractivity contribution in [3.8, 4) is 0 Å². The van der Waals surface area contributed by atoms with Crippen molar-refractivity contribution in [2.45, 2.75) is 37.2 Å². The van der Waals surface area contributed by atoms with Crippen molar-refractivity contribution in [2.75, 3.05) is 12.3 Å². The van der Waals surface area contributed by atoms with Gasteiger partial charge in [-0.2, -0.15) is 0 Å². The van der Waals surface area contributed by atoms with Crippen LogP contribution in [0, 0.1) is 0 Å². The van der Waals surface area contributed by atoms with Gasteiger partial charge in [0.25, 0.3) is 0 Å². The van der Waals surface area contributed by atoms with Crippen LogP contribution in [0.3, 0.4) is 0 Å². The molecule has 0 amide bonds. The molecular formula is C16H21N3S. The number of aryl methyl sites for hydroxylation is 1. The van der Waals surface area contributed by atoms with Gasteiger partial charge in [-0.05, 0) is 25.1 Å². The highest BCUT2D eigenvalue weighted by atomic mass is 32.2. The first-order valence-electron chi connectivity index (χ1n) is 7.31. The molecule has 3 rings (SSSR count). The normalized spacial score (nSPS) is 19.0. The zero-order valence-corrected chi connectivity index (χ0v) is 12.9. The summed E-state index contributed by atoms with van der Waals surface area (Å²) < 4.78 is 2.25. The number of hydrogen-bond acceptors (Lipinski definition) is 3. The number of nitrogens with one attached hydrogen (secondary N) is 1. The van der Waals surface area contributed by atoms with E-state index in [0.717, 1.165) is 24.7 Å². The average molecular weight is 287 g/mol. The Kier molecular flexibility index (Phi) is 4.13. The number of imidazole rings is 1. The van der Waals surface area contributed by atoms with E-state index in [0.29, 0.717) is 12.0 Å². The fourth-order valence-electron chi connectivity index (χ4n) is 2.96. The molecule has 0 saturated carbocycles. The Hall–Kier alpha value is -1.26. The third-order valence-corrected chi connectivity index (χ3v) is 5.14. The van der Waals surface area contributed by atoms with Crippen LogP contribution in [0.15, 0.2) is 41.6 Å². The van der Waals surface area contributed by atoms with Crippen molar-refractivity contribution in [1.29, 1.82) is 0 Å². The summed E-state index contributed by atoms with van der Waals surface area (Å²) in [5.41, 5.74) is 1.47. The number of benzene rings is 1. The molecule has 1 aliphatic heterocycles. The predicted octanol–water partition coefficient (Wildman–Crippen LogP) is 3.44. The molecule has 0 radical (unpaired) electrons. The van der Waals surface area contributed by atoms with Gasteiger partial charge in [-0.1, -0.05) is 25.1 Å². The molecule has 2 unspecified atom stereocenters. The van der Waals surface area contributed by atoms with Crippen LogP contribution >= 0.6 is 11.8 Å². The fourth-order valence-corrected chi connectivity index (χ4v) is 4.26. The van der Waals surface area contributed by atoms with E-state index in [1.54, 1.807) is 0 Å². The second-order valence-corrected chi connectivity index (χ2v) is 6.12. The second-order valence-electron chi connectivity index (χ2n) is 5.06. The van der Waals surface area contributed by atoms with Crippen LogP contribution in [0.1, 0.15) is 37.2 Å². The Bertz CT molecular complexity index is 579. The quantitative estimate of drug-likeness (QED) is 0.913. The van der Waals surface area contributed by atoms with Gasteiger partial charge in [0, 0.05) is 35.5 Å². The Morgan fingerprint density at radius 3 is 3.05 bits per heavy atom. The van der Waals surface area contributed by atoms with E-state index in [9.17, 15) is 0 Å². The summed E-state index contributed by atoms with van der Waals surface area (Å²) in [5.74, 6) is 2.80. The summed E-state index contributed by atoms with van der Waals surface area (Å²) in [5, 5.41) is 3.65. The van der Waals surface area contributed by atoms with E-state index in [-0.39, 0.29) is 0 Å². The van der Waals surface area contributed by atoms with Crippen molar-refractivity contribution in [2.24, 2.45) is 0 Å². The number of hydrogen-bond donors (Lipinski definition) is 1. The lowest BCUT2D eigenvalue weighted by Crippen LogP contribution is -2.29. The van der Waals surface area contributed by atoms with E-state index < -0.39 is 0 Å². The summed E-state index contributed by atoms with van der Waals surface area (Å²) in [6.45, 7) is 6.27. The Balaban J connectivity index is 1.96. The second kappa shape index (κ2) is 6.02. The van der Waals surface area contributed by atoms with Crippen molar-refractivity contribution in [1.82, 2.24) is 14.9 Å². The van der Waals surface area contributed by atoms with E-state index in [1.165, 1.54) is 10.5 Å². The molecule has 0 saturated heterocycles. The molecule has 1 aromatic heterocycles. The molecule has 0 fully saturated rings. The SMILES string of the molecule is CCNC(c1nccn1CC)C1CSc2ccccc21. The Morgan fingerprint density at radius 2 is 2.25 bits per heavy atom. The molecule has 1 aromatic carbocycles. The van der Waals surface area contributed by atoms with Gasteiger partial charge in [0.1, 0.15) is 5.82 Å². The minimum atomic E-state index is 0.297. The minimum absolute atomic E-state index is 0.297. The van der Waals surface area contributed by atoms with Gasteiger partial charge < -0.3 is 9.88 Å². The Morgan fingerprint density at radius 1 is 1.40 bits per heavy atom. The van der Waals surface area contributed by atoms with Gasteiger partial charge in [-0.15, -0.1) is 11.8 Å². The van der Waals surface area contributed by atoms with Gasteiger partial charge in [0.05, 0.1) is 6.04 Å². The maximum Gasteiger partial charge on any atom is 0.126 e. The first-order valence-corrected chi connectivity index (χ1v) is 8.29. The number of fused-ring (bicyclic) bond motifs is 1. The number of likely N-dealkylation sites (N-methyl/N-ethyl adjacent to an activating group) is 1. The lowest BCUT2D eigenvalue weighted by atomic mass is 9.92. The molecule has 106 valence electrons. The summed E-state index contributed by atoms with van der Waals surface area (Å²) in [6, 6.07) is 9.07. The van der Waals surface area contributed by atoms with Crippen molar-refractivity contribution >= 4 is 11.8 Å². The molecule has 20 heavy (non-hydrogen) atoms. The average Bonchev–Trinajstić information content (AvgIpc) is 3.11. The van der Waals surface area contributed by atoms with E-state index >= 15 is 0 Å². The van der Waals surface area contributed by atoms with Crippen LogP contribution in [0.2, 0.25) is 0 Å². The minimum Gasteiger partial charge on any atom is -0.334 e. The van der Waals surface area contributed by atoms with Gasteiger partial charge >= 0.3 is 0 Å². The number of rotatable bonds is 5. The first-order chi connectivity index (χ1) is 9.85. The largest absolute Gasteiger partial charge is 0.334 e. The van der Waals surface area contributed by atoms with Crippen molar-refractivity contribution in [3.63, 3.8) is 0 Å². The predicted molar refractivity (Wildman–Crippen MR) is 84.2 cm³/mol. The molecule has 1 N–H and O–H groups in total. The summed E-state index contributed by atoms with van der Waals surface area (Å²) in [6.07, 6.45) is 3.99. The molecule has 2 atom stereocenters. The third kappa shape index (κ3) is 2.38. The van der Waals surface area contributed by atoms with E-state index in [2.05, 4.69) is 59.2 Å². The van der Waals surface area contributed by atoms with Gasteiger partial charge in [0.15, 0.2) is 0 Å². The molecule has 2 aromatic rings. The summed E-state index contributed by atoms with van der Waals surface area (Å²) in [7, 11) is 0. The zero-order chi connectivity index (χ0) is 13.9. The van der Waals surface area contributed by atoms with Crippen LogP contribution in [0.25, 0.3) is 0 Å². The fraction of sp³-hybridized carbons (Fsp3) is 0.438. The van der Waals surface area contributed by atoms with Crippen LogP contribution in [0.5, 0.6) is 0 Å². The van der Waals surface area contributed by atoms with Gasteiger partial charge in [0.2, 0.25) is 0 Å². The maximum absolute atomic E-state index is 4.61. The molecule has 1 aliphatic rings. The first kappa shape index (κ1) is 13.7. The van der Waals surface area contributed by atoms with Crippen molar-refractivity contribution in [3.05, 3.63) is 48.0 Å². The zero-order valence-electron chi connectivity index (χ0n) is 12.0. The van der Waals surface area contributed by atoms with E-state index in [4.69, 9.17) is 0 Å². The van der Waals surface area contributed by atoms with Crippen molar-refractivity contribution < 1.29 is 0 Å². The van der Waals surface area contributed by atoms with Crippen LogP contribution in [0.4, 0.5) is 0 Å². The third-order valence-electron chi connectivity index (χ3n) is 3.93. The standard InChI is InChI=1S/C16H21N3S/c1-3-17-15(16-18-9-10-19(16)4-2)13-11-20-14-8-6-5-7-12(13)14/h5-10,13,15,17H,3-4,11H2,1-2H3. The topological polar surface area (TPSA) is 29.9 Å². The van der Waals surface area contributed by atoms with Crippen LogP contribution in [-0.4, -0.2) is 21.8 Å². The summed E-state index contributed by atoms with van der Waals surface area (Å²) in [4.78, 5) is 6.04. The van der Waals surface area contributed by atoms with Crippen LogP contribution in [-0.2, 0) is 6.54 Å². The molecule has 0 spiro atoms. The molecule has 4 heteroatoms. The smallest absolute Gasteiger partial charge is 0.126 e. The molecule has 0 aliphatic carbocycles. The molecular weight excluding hydrogens is 266 g/mol. The Labute approximate surface area is 124 Å². The summed E-state index contributed by atoms with van der Waals surface area (Å²) >= 11 is 1.96. The highest BCUT2D eigenvalue weighted by Gasteiger charge is 2.32. The highest BCUT2D eigenvalue weighted by molar-refractivity contribution is 7.99. The maximum atomic E-state index is 4.61. The lowest BCUT2D eigenvalue weighted by molar-refractivity contribution is 0.444. The van der Waals surface area contributed by atoms with E-state index in [1.807, 2.05) is 18.0 Å². The molecule has 2 heterocycles. The van der Waals surface area contributed by atoms with Crippen LogP contribution < -0.4 is 5.32 Å². The highest BCUT2D eigenvalue weighted by Crippen LogP contribution is 2.45. The molecule has 3 nitrogen and oxygen atoms in total. The lowest BCUT2D eigenvalue weighted by Gasteiger charge is -2.25. The molecule has 0 bridgehead atoms. The van der Waals surface area contributed by atoms with Gasteiger partial charge in [-0.3, -0.25) is 0 Å². The number of aromatic nitrogens is 2. The number of nitrogens with zero attached hydrogens (tertiary/aromatic N) is 2. The monoisotopic (exact) mass is 287 g/mol. The number of thioether (sulfide) groups is 1. The van der Waals surface area contributed by atoms with Gasteiger partial charge in [-0.25, -0.2) is 4.98 Å².